The van der Waals surface area contributed by atoms with Crippen molar-refractivity contribution in [1.29, 1.82) is 0 Å². The summed E-state index contributed by atoms with van der Waals surface area (Å²) in [7, 11) is 0. The molecule has 1 aromatic carbocycles. The van der Waals surface area contributed by atoms with E-state index in [1.54, 1.807) is 0 Å². The Balaban J connectivity index is 2.91. The molecule has 0 saturated carbocycles. The Bertz CT molecular complexity index is 364. The fourth-order valence-electron chi connectivity index (χ4n) is 1.19. The van der Waals surface area contributed by atoms with Crippen molar-refractivity contribution in [2.45, 2.75) is 13.8 Å². The minimum atomic E-state index is 0.419. The molecule has 0 atom stereocenters. The Labute approximate surface area is 104 Å². The maximum Gasteiger partial charge on any atom is 0.106 e. The van der Waals surface area contributed by atoms with Crippen molar-refractivity contribution in [2.24, 2.45) is 11.7 Å². The highest BCUT2D eigenvalue weighted by Gasteiger charge is 2.05. The number of halogens is 1. The second-order valence-corrected chi connectivity index (χ2v) is 5.18. The molecule has 0 saturated heterocycles. The zero-order valence-corrected chi connectivity index (χ0v) is 11.3. The summed E-state index contributed by atoms with van der Waals surface area (Å²) in [6, 6.07) is 5.90. The molecule has 82 valence electrons. The Kier molecular flexibility index (Phi) is 4.54. The normalized spacial score (nSPS) is 10.4. The first-order valence-electron chi connectivity index (χ1n) is 4.84. The van der Waals surface area contributed by atoms with Gasteiger partial charge in [0.05, 0.1) is 0 Å². The minimum absolute atomic E-state index is 0.419. The molecule has 3 N–H and O–H groups in total. The van der Waals surface area contributed by atoms with Crippen LogP contribution in [-0.2, 0) is 0 Å². The van der Waals surface area contributed by atoms with Gasteiger partial charge in [-0.2, -0.15) is 0 Å². The van der Waals surface area contributed by atoms with E-state index in [1.807, 2.05) is 18.2 Å². The zero-order chi connectivity index (χ0) is 11.4. The molecule has 1 rings (SSSR count). The molecule has 0 radical (unpaired) electrons. The average Bonchev–Trinajstić information content (AvgIpc) is 2.15. The SMILES string of the molecule is CC(C)CNc1ccc(Br)cc1C(N)=S. The standard InChI is InChI=1S/C11H15BrN2S/c1-7(2)6-14-10-4-3-8(12)5-9(10)11(13)15/h3-5,7,14H,6H2,1-2H3,(H2,13,15). The van der Waals surface area contributed by atoms with E-state index in [4.69, 9.17) is 18.0 Å². The summed E-state index contributed by atoms with van der Waals surface area (Å²) < 4.78 is 0.986. The van der Waals surface area contributed by atoms with Crippen LogP contribution in [0.15, 0.2) is 22.7 Å². The topological polar surface area (TPSA) is 38.0 Å². The number of nitrogens with two attached hydrogens (primary N) is 1. The molecule has 15 heavy (non-hydrogen) atoms. The largest absolute Gasteiger partial charge is 0.389 e. The number of anilines is 1. The van der Waals surface area contributed by atoms with Crippen LogP contribution in [0.25, 0.3) is 0 Å². The van der Waals surface area contributed by atoms with Crippen molar-refractivity contribution in [3.63, 3.8) is 0 Å². The van der Waals surface area contributed by atoms with Gasteiger partial charge in [0.15, 0.2) is 0 Å². The lowest BCUT2D eigenvalue weighted by Gasteiger charge is -2.13. The van der Waals surface area contributed by atoms with Crippen LogP contribution >= 0.6 is 28.1 Å². The molecule has 1 aromatic rings. The van der Waals surface area contributed by atoms with E-state index < -0.39 is 0 Å². The van der Waals surface area contributed by atoms with Gasteiger partial charge < -0.3 is 11.1 Å². The maximum absolute atomic E-state index is 5.66. The van der Waals surface area contributed by atoms with E-state index in [9.17, 15) is 0 Å². The van der Waals surface area contributed by atoms with E-state index >= 15 is 0 Å². The molecule has 0 aliphatic rings. The number of rotatable bonds is 4. The summed E-state index contributed by atoms with van der Waals surface area (Å²) in [6.07, 6.45) is 0. The van der Waals surface area contributed by atoms with Crippen LogP contribution in [0.4, 0.5) is 5.69 Å². The van der Waals surface area contributed by atoms with Crippen molar-refractivity contribution in [3.05, 3.63) is 28.2 Å². The number of nitrogens with one attached hydrogen (secondary N) is 1. The van der Waals surface area contributed by atoms with Gasteiger partial charge in [-0.15, -0.1) is 0 Å². The van der Waals surface area contributed by atoms with E-state index in [2.05, 4.69) is 35.1 Å². The molecule has 2 nitrogen and oxygen atoms in total. The summed E-state index contributed by atoms with van der Waals surface area (Å²) >= 11 is 8.41. The number of thiocarbonyl (C=S) groups is 1. The summed E-state index contributed by atoms with van der Waals surface area (Å²) in [6.45, 7) is 5.23. The third kappa shape index (κ3) is 3.80. The summed E-state index contributed by atoms with van der Waals surface area (Å²) in [5.74, 6) is 0.591. The van der Waals surface area contributed by atoms with E-state index in [0.29, 0.717) is 10.9 Å². The van der Waals surface area contributed by atoms with Gasteiger partial charge in [0, 0.05) is 22.3 Å². The van der Waals surface area contributed by atoms with Crippen molar-refractivity contribution < 1.29 is 0 Å². The number of hydrogen-bond acceptors (Lipinski definition) is 2. The average molecular weight is 287 g/mol. The third-order valence-corrected chi connectivity index (χ3v) is 2.66. The lowest BCUT2D eigenvalue weighted by atomic mass is 10.1. The van der Waals surface area contributed by atoms with Crippen molar-refractivity contribution >= 4 is 38.8 Å². The molecule has 0 aliphatic heterocycles. The Morgan fingerprint density at radius 3 is 2.73 bits per heavy atom. The van der Waals surface area contributed by atoms with E-state index in [-0.39, 0.29) is 0 Å². The first-order chi connectivity index (χ1) is 7.00. The molecule has 0 amide bonds. The van der Waals surface area contributed by atoms with Crippen LogP contribution < -0.4 is 11.1 Å². The minimum Gasteiger partial charge on any atom is -0.389 e. The molecule has 0 spiro atoms. The molecule has 0 aliphatic carbocycles. The van der Waals surface area contributed by atoms with Crippen LogP contribution in [0, 0.1) is 5.92 Å². The molecule has 0 fully saturated rings. The molecule has 0 bridgehead atoms. The first-order valence-corrected chi connectivity index (χ1v) is 6.04. The fourth-order valence-corrected chi connectivity index (χ4v) is 1.72. The highest BCUT2D eigenvalue weighted by atomic mass is 79.9. The predicted octanol–water partition coefficient (Wildman–Crippen LogP) is 3.15. The molecule has 4 heteroatoms. The van der Waals surface area contributed by atoms with Crippen molar-refractivity contribution in [3.8, 4) is 0 Å². The Morgan fingerprint density at radius 1 is 1.53 bits per heavy atom. The Morgan fingerprint density at radius 2 is 2.20 bits per heavy atom. The van der Waals surface area contributed by atoms with Gasteiger partial charge in [0.1, 0.15) is 4.99 Å². The maximum atomic E-state index is 5.66. The number of hydrogen-bond donors (Lipinski definition) is 2. The van der Waals surface area contributed by atoms with Gasteiger partial charge in [0.25, 0.3) is 0 Å². The lowest BCUT2D eigenvalue weighted by Crippen LogP contribution is -2.15. The number of benzene rings is 1. The van der Waals surface area contributed by atoms with Gasteiger partial charge in [-0.05, 0) is 24.1 Å². The van der Waals surface area contributed by atoms with E-state index in [0.717, 1.165) is 22.3 Å². The van der Waals surface area contributed by atoms with E-state index in [1.165, 1.54) is 0 Å². The molecule has 0 unspecified atom stereocenters. The zero-order valence-electron chi connectivity index (χ0n) is 8.88. The highest BCUT2D eigenvalue weighted by Crippen LogP contribution is 2.21. The molecular formula is C11H15BrN2S. The molecular weight excluding hydrogens is 272 g/mol. The van der Waals surface area contributed by atoms with Gasteiger partial charge in [0.2, 0.25) is 0 Å². The Hall–Kier alpha value is -0.610. The van der Waals surface area contributed by atoms with Gasteiger partial charge >= 0.3 is 0 Å². The van der Waals surface area contributed by atoms with Crippen LogP contribution in [0.2, 0.25) is 0 Å². The third-order valence-electron chi connectivity index (χ3n) is 1.95. The monoisotopic (exact) mass is 286 g/mol. The molecule has 0 heterocycles. The fraction of sp³-hybridized carbons (Fsp3) is 0.364. The van der Waals surface area contributed by atoms with Crippen LogP contribution in [0.3, 0.4) is 0 Å². The first kappa shape index (κ1) is 12.5. The van der Waals surface area contributed by atoms with Gasteiger partial charge in [-0.3, -0.25) is 0 Å². The second-order valence-electron chi connectivity index (χ2n) is 3.83. The molecule has 0 aromatic heterocycles. The van der Waals surface area contributed by atoms with Crippen molar-refractivity contribution in [2.75, 3.05) is 11.9 Å². The van der Waals surface area contributed by atoms with Gasteiger partial charge in [-0.1, -0.05) is 42.0 Å². The smallest absolute Gasteiger partial charge is 0.106 e. The summed E-state index contributed by atoms with van der Waals surface area (Å²) in [5, 5.41) is 3.33. The van der Waals surface area contributed by atoms with Crippen LogP contribution in [-0.4, -0.2) is 11.5 Å². The predicted molar refractivity (Wildman–Crippen MR) is 73.4 cm³/mol. The second kappa shape index (κ2) is 5.47. The van der Waals surface area contributed by atoms with Crippen LogP contribution in [0.1, 0.15) is 19.4 Å². The lowest BCUT2D eigenvalue weighted by molar-refractivity contribution is 0.689. The van der Waals surface area contributed by atoms with Crippen molar-refractivity contribution in [1.82, 2.24) is 0 Å². The summed E-state index contributed by atoms with van der Waals surface area (Å²) in [5.41, 5.74) is 7.55. The highest BCUT2D eigenvalue weighted by molar-refractivity contribution is 9.10. The van der Waals surface area contributed by atoms with Crippen LogP contribution in [0.5, 0.6) is 0 Å². The van der Waals surface area contributed by atoms with Gasteiger partial charge in [-0.25, -0.2) is 0 Å². The quantitative estimate of drug-likeness (QED) is 0.835. The summed E-state index contributed by atoms with van der Waals surface area (Å²) in [4.78, 5) is 0.419.